The summed E-state index contributed by atoms with van der Waals surface area (Å²) in [5, 5.41) is 2.93. The van der Waals surface area contributed by atoms with Crippen LogP contribution < -0.4 is 14.8 Å². The van der Waals surface area contributed by atoms with Crippen molar-refractivity contribution >= 4 is 21.8 Å². The van der Waals surface area contributed by atoms with E-state index in [1.807, 2.05) is 67.5 Å². The van der Waals surface area contributed by atoms with Gasteiger partial charge in [0.2, 0.25) is 0 Å². The second-order valence-corrected chi connectivity index (χ2v) is 6.69. The number of ether oxygens (including phenoxy) is 2. The van der Waals surface area contributed by atoms with Crippen LogP contribution in [0, 0.1) is 0 Å². The van der Waals surface area contributed by atoms with Gasteiger partial charge >= 0.3 is 0 Å². The number of likely N-dealkylation sites (N-methyl/N-ethyl adjacent to an activating group) is 1. The summed E-state index contributed by atoms with van der Waals surface area (Å²) in [5.74, 6) is 1.29. The van der Waals surface area contributed by atoms with Crippen LogP contribution in [0.5, 0.6) is 11.5 Å². The zero-order valence-electron chi connectivity index (χ0n) is 14.7. The molecule has 0 saturated heterocycles. The molecule has 0 spiro atoms. The summed E-state index contributed by atoms with van der Waals surface area (Å²) in [6.07, 6.45) is 0. The maximum atomic E-state index is 12.1. The minimum absolute atomic E-state index is 0.00553. The Kier molecular flexibility index (Phi) is 7.28. The van der Waals surface area contributed by atoms with Crippen molar-refractivity contribution in [3.05, 3.63) is 58.6 Å². The fraction of sp³-hybridized carbons (Fsp3) is 0.316. The Morgan fingerprint density at radius 2 is 1.96 bits per heavy atom. The number of hydrogen-bond donors (Lipinski definition) is 1. The lowest BCUT2D eigenvalue weighted by Crippen LogP contribution is -2.37. The van der Waals surface area contributed by atoms with Gasteiger partial charge in [0.25, 0.3) is 5.91 Å². The van der Waals surface area contributed by atoms with Gasteiger partial charge in [0.15, 0.2) is 6.61 Å². The number of methoxy groups -OCH3 is 1. The molecule has 1 amide bonds. The minimum Gasteiger partial charge on any atom is -0.496 e. The van der Waals surface area contributed by atoms with Crippen LogP contribution in [0.4, 0.5) is 0 Å². The lowest BCUT2D eigenvalue weighted by atomic mass is 10.0. The standard InChI is InChI=1S/C19H23BrN2O3/c1-22(2)17(16-9-4-5-10-18(16)24-3)12-21-19(23)13-25-15-8-6-7-14(20)11-15/h4-11,17H,12-13H2,1-3H3,(H,21,23)/t17-/m1/s1. The smallest absolute Gasteiger partial charge is 0.258 e. The Morgan fingerprint density at radius 3 is 2.64 bits per heavy atom. The molecule has 0 heterocycles. The first-order chi connectivity index (χ1) is 12.0. The molecule has 2 aromatic rings. The monoisotopic (exact) mass is 406 g/mol. The van der Waals surface area contributed by atoms with Gasteiger partial charge in [0, 0.05) is 16.6 Å². The molecule has 5 nitrogen and oxygen atoms in total. The van der Waals surface area contributed by atoms with Gasteiger partial charge in [-0.1, -0.05) is 40.2 Å². The van der Waals surface area contributed by atoms with E-state index < -0.39 is 0 Å². The average molecular weight is 407 g/mol. The van der Waals surface area contributed by atoms with Crippen LogP contribution in [-0.2, 0) is 4.79 Å². The third-order valence-electron chi connectivity index (χ3n) is 3.78. The minimum atomic E-state index is -0.165. The van der Waals surface area contributed by atoms with E-state index in [2.05, 4.69) is 21.2 Å². The van der Waals surface area contributed by atoms with E-state index in [9.17, 15) is 4.79 Å². The first kappa shape index (κ1) is 19.3. The third-order valence-corrected chi connectivity index (χ3v) is 4.27. The largest absolute Gasteiger partial charge is 0.496 e. The highest BCUT2D eigenvalue weighted by Gasteiger charge is 2.19. The number of nitrogens with zero attached hydrogens (tertiary/aromatic N) is 1. The fourth-order valence-electron chi connectivity index (χ4n) is 2.48. The SMILES string of the molecule is COc1ccccc1[C@@H](CNC(=O)COc1cccc(Br)c1)N(C)C. The Labute approximate surface area is 157 Å². The van der Waals surface area contributed by atoms with Gasteiger partial charge < -0.3 is 19.7 Å². The van der Waals surface area contributed by atoms with E-state index in [1.165, 1.54) is 0 Å². The number of halogens is 1. The third kappa shape index (κ3) is 5.76. The zero-order valence-corrected chi connectivity index (χ0v) is 16.2. The quantitative estimate of drug-likeness (QED) is 0.730. The van der Waals surface area contributed by atoms with Gasteiger partial charge in [0.05, 0.1) is 13.2 Å². The number of hydrogen-bond acceptors (Lipinski definition) is 4. The van der Waals surface area contributed by atoms with Crippen molar-refractivity contribution in [3.63, 3.8) is 0 Å². The van der Waals surface area contributed by atoms with Gasteiger partial charge in [-0.25, -0.2) is 0 Å². The van der Waals surface area contributed by atoms with Gasteiger partial charge in [0.1, 0.15) is 11.5 Å². The van der Waals surface area contributed by atoms with Crippen LogP contribution in [-0.4, -0.2) is 45.2 Å². The van der Waals surface area contributed by atoms with Crippen LogP contribution in [0.1, 0.15) is 11.6 Å². The van der Waals surface area contributed by atoms with E-state index >= 15 is 0 Å². The molecule has 1 N–H and O–H groups in total. The molecule has 0 saturated carbocycles. The number of nitrogens with one attached hydrogen (secondary N) is 1. The molecule has 2 aromatic carbocycles. The number of carbonyl (C=O) groups is 1. The van der Waals surface area contributed by atoms with E-state index in [4.69, 9.17) is 9.47 Å². The number of benzene rings is 2. The zero-order chi connectivity index (χ0) is 18.2. The second kappa shape index (κ2) is 9.44. The number of amides is 1. The lowest BCUT2D eigenvalue weighted by molar-refractivity contribution is -0.123. The van der Waals surface area contributed by atoms with Crippen molar-refractivity contribution in [1.82, 2.24) is 10.2 Å². The molecule has 0 aromatic heterocycles. The molecule has 0 aliphatic heterocycles. The van der Waals surface area contributed by atoms with Gasteiger partial charge in [-0.2, -0.15) is 0 Å². The molecule has 2 rings (SSSR count). The first-order valence-electron chi connectivity index (χ1n) is 7.95. The van der Waals surface area contributed by atoms with Crippen molar-refractivity contribution in [2.75, 3.05) is 34.4 Å². The summed E-state index contributed by atoms with van der Waals surface area (Å²) in [5.41, 5.74) is 1.03. The highest BCUT2D eigenvalue weighted by Crippen LogP contribution is 2.27. The fourth-order valence-corrected chi connectivity index (χ4v) is 2.86. The summed E-state index contributed by atoms with van der Waals surface area (Å²) in [4.78, 5) is 14.2. The van der Waals surface area contributed by atoms with E-state index in [-0.39, 0.29) is 18.6 Å². The van der Waals surface area contributed by atoms with Gasteiger partial charge in [-0.3, -0.25) is 4.79 Å². The predicted molar refractivity (Wildman–Crippen MR) is 102 cm³/mol. The molecule has 0 fully saturated rings. The highest BCUT2D eigenvalue weighted by atomic mass is 79.9. The maximum absolute atomic E-state index is 12.1. The first-order valence-corrected chi connectivity index (χ1v) is 8.75. The topological polar surface area (TPSA) is 50.8 Å². The van der Waals surface area contributed by atoms with E-state index in [1.54, 1.807) is 7.11 Å². The van der Waals surface area contributed by atoms with Crippen LogP contribution >= 0.6 is 15.9 Å². The maximum Gasteiger partial charge on any atom is 0.258 e. The molecule has 0 radical (unpaired) electrons. The summed E-state index contributed by atoms with van der Waals surface area (Å²) in [7, 11) is 5.60. The summed E-state index contributed by atoms with van der Waals surface area (Å²) in [6.45, 7) is 0.441. The Hall–Kier alpha value is -2.05. The summed E-state index contributed by atoms with van der Waals surface area (Å²) >= 11 is 3.38. The molecular weight excluding hydrogens is 384 g/mol. The van der Waals surface area contributed by atoms with Crippen molar-refractivity contribution in [1.29, 1.82) is 0 Å². The predicted octanol–water partition coefficient (Wildman–Crippen LogP) is 3.26. The molecule has 0 bridgehead atoms. The average Bonchev–Trinajstić information content (AvgIpc) is 2.60. The van der Waals surface area contributed by atoms with Crippen molar-refractivity contribution in [3.8, 4) is 11.5 Å². The Bertz CT molecular complexity index is 707. The normalized spacial score (nSPS) is 11.9. The van der Waals surface area contributed by atoms with Crippen molar-refractivity contribution in [2.24, 2.45) is 0 Å². The number of rotatable bonds is 8. The Morgan fingerprint density at radius 1 is 1.20 bits per heavy atom. The highest BCUT2D eigenvalue weighted by molar-refractivity contribution is 9.10. The molecule has 134 valence electrons. The molecule has 1 atom stereocenters. The van der Waals surface area contributed by atoms with Gasteiger partial charge in [-0.05, 0) is 38.4 Å². The number of para-hydroxylation sites is 1. The van der Waals surface area contributed by atoms with E-state index in [0.717, 1.165) is 15.8 Å². The Balaban J connectivity index is 1.93. The molecule has 0 aliphatic carbocycles. The lowest BCUT2D eigenvalue weighted by Gasteiger charge is -2.26. The van der Waals surface area contributed by atoms with Gasteiger partial charge in [-0.15, -0.1) is 0 Å². The van der Waals surface area contributed by atoms with Crippen LogP contribution in [0.2, 0.25) is 0 Å². The van der Waals surface area contributed by atoms with Crippen LogP contribution in [0.3, 0.4) is 0 Å². The summed E-state index contributed by atoms with van der Waals surface area (Å²) < 4.78 is 11.9. The number of carbonyl (C=O) groups excluding carboxylic acids is 1. The van der Waals surface area contributed by atoms with Crippen LogP contribution in [0.25, 0.3) is 0 Å². The van der Waals surface area contributed by atoms with Crippen molar-refractivity contribution < 1.29 is 14.3 Å². The van der Waals surface area contributed by atoms with Crippen LogP contribution in [0.15, 0.2) is 53.0 Å². The molecule has 25 heavy (non-hydrogen) atoms. The molecule has 0 aliphatic rings. The van der Waals surface area contributed by atoms with E-state index in [0.29, 0.717) is 12.3 Å². The molecule has 0 unspecified atom stereocenters. The van der Waals surface area contributed by atoms with Crippen molar-refractivity contribution in [2.45, 2.75) is 6.04 Å². The molecular formula is C19H23BrN2O3. The second-order valence-electron chi connectivity index (χ2n) is 5.77. The summed E-state index contributed by atoms with van der Waals surface area (Å²) in [6, 6.07) is 15.2. The molecule has 6 heteroatoms.